The van der Waals surface area contributed by atoms with Gasteiger partial charge in [0.25, 0.3) is 0 Å². The van der Waals surface area contributed by atoms with Crippen LogP contribution >= 0.6 is 11.6 Å². The van der Waals surface area contributed by atoms with Gasteiger partial charge in [-0.25, -0.2) is 17.8 Å². The van der Waals surface area contributed by atoms with E-state index in [4.69, 9.17) is 11.6 Å². The molecule has 2 heterocycles. The normalized spacial score (nSPS) is 13.6. The molecule has 0 saturated heterocycles. The van der Waals surface area contributed by atoms with Crippen LogP contribution in [0.25, 0.3) is 0 Å². The molecule has 2 aromatic heterocycles. The van der Waals surface area contributed by atoms with Crippen LogP contribution < -0.4 is 4.72 Å². The quantitative estimate of drug-likeness (QED) is 0.762. The van der Waals surface area contributed by atoms with E-state index in [1.165, 1.54) is 13.1 Å². The summed E-state index contributed by atoms with van der Waals surface area (Å²) in [5.74, 6) is 0. The van der Waals surface area contributed by atoms with Crippen LogP contribution in [0.3, 0.4) is 0 Å². The SMILES string of the molecule is CC[C@@H](CCNS(=O)(=O)c1cnn(C(F)F)c1C)n1cc(Cl)cn1. The predicted octanol–water partition coefficient (Wildman–Crippen LogP) is 2.76. The number of halogens is 3. The Hall–Kier alpha value is -1.52. The number of nitrogens with zero attached hydrogens (tertiary/aromatic N) is 4. The molecular formula is C13H18ClF2N5O2S. The number of alkyl halides is 2. The Kier molecular flexibility index (Phi) is 5.94. The van der Waals surface area contributed by atoms with Crippen LogP contribution in [-0.4, -0.2) is 34.5 Å². The third-order valence-electron chi connectivity index (χ3n) is 3.66. The van der Waals surface area contributed by atoms with E-state index in [1.54, 1.807) is 10.9 Å². The minimum absolute atomic E-state index is 0.0231. The van der Waals surface area contributed by atoms with Crippen LogP contribution in [0.15, 0.2) is 23.5 Å². The average molecular weight is 382 g/mol. The molecule has 0 aliphatic rings. The Balaban J connectivity index is 2.02. The summed E-state index contributed by atoms with van der Waals surface area (Å²) in [7, 11) is -3.91. The predicted molar refractivity (Wildman–Crippen MR) is 84.6 cm³/mol. The van der Waals surface area contributed by atoms with Crippen LogP contribution in [0.2, 0.25) is 5.02 Å². The van der Waals surface area contributed by atoms with Gasteiger partial charge in [-0.15, -0.1) is 0 Å². The molecule has 0 aliphatic carbocycles. The summed E-state index contributed by atoms with van der Waals surface area (Å²) in [6, 6.07) is -0.0231. The standard InChI is InChI=1S/C13H18ClF2N5O2S/c1-3-11(20-8-10(14)6-17-20)4-5-19-24(22,23)12-7-18-21(9(12)2)13(15)16/h6-8,11,13,19H,3-5H2,1-2H3/t11-/m0/s1. The second kappa shape index (κ2) is 7.58. The van der Waals surface area contributed by atoms with Crippen molar-refractivity contribution in [3.05, 3.63) is 29.3 Å². The summed E-state index contributed by atoms with van der Waals surface area (Å²) in [4.78, 5) is -0.252. The number of rotatable bonds is 8. The molecule has 1 N–H and O–H groups in total. The van der Waals surface area contributed by atoms with Crippen LogP contribution in [0, 0.1) is 6.92 Å². The number of sulfonamides is 1. The highest BCUT2D eigenvalue weighted by atomic mass is 35.5. The zero-order valence-corrected chi connectivity index (χ0v) is 14.7. The summed E-state index contributed by atoms with van der Waals surface area (Å²) in [5.41, 5.74) is -0.108. The Morgan fingerprint density at radius 3 is 2.54 bits per heavy atom. The van der Waals surface area contributed by atoms with E-state index < -0.39 is 16.6 Å². The summed E-state index contributed by atoms with van der Waals surface area (Å²) >= 11 is 5.83. The molecule has 1 atom stereocenters. The fourth-order valence-corrected chi connectivity index (χ4v) is 3.70. The molecule has 0 aliphatic heterocycles. The van der Waals surface area contributed by atoms with E-state index >= 15 is 0 Å². The van der Waals surface area contributed by atoms with Gasteiger partial charge < -0.3 is 0 Å². The van der Waals surface area contributed by atoms with Crippen molar-refractivity contribution in [1.82, 2.24) is 24.3 Å². The number of nitrogens with one attached hydrogen (secondary N) is 1. The Morgan fingerprint density at radius 1 is 1.33 bits per heavy atom. The molecule has 134 valence electrons. The fraction of sp³-hybridized carbons (Fsp3) is 0.538. The lowest BCUT2D eigenvalue weighted by Gasteiger charge is -2.15. The van der Waals surface area contributed by atoms with Gasteiger partial charge in [0.15, 0.2) is 0 Å². The lowest BCUT2D eigenvalue weighted by molar-refractivity contribution is 0.0541. The number of hydrogen-bond donors (Lipinski definition) is 1. The van der Waals surface area contributed by atoms with Crippen LogP contribution in [0.4, 0.5) is 8.78 Å². The van der Waals surface area contributed by atoms with E-state index in [0.717, 1.165) is 12.6 Å². The van der Waals surface area contributed by atoms with Crippen molar-refractivity contribution in [2.75, 3.05) is 6.54 Å². The highest BCUT2D eigenvalue weighted by Gasteiger charge is 2.23. The Labute approximate surface area is 143 Å². The fourth-order valence-electron chi connectivity index (χ4n) is 2.34. The van der Waals surface area contributed by atoms with Crippen molar-refractivity contribution in [1.29, 1.82) is 0 Å². The molecule has 0 fully saturated rings. The third kappa shape index (κ3) is 4.11. The highest BCUT2D eigenvalue weighted by molar-refractivity contribution is 7.89. The molecule has 0 saturated carbocycles. The average Bonchev–Trinajstić information content (AvgIpc) is 3.10. The maximum Gasteiger partial charge on any atom is 0.333 e. The van der Waals surface area contributed by atoms with Gasteiger partial charge >= 0.3 is 6.55 Å². The summed E-state index contributed by atoms with van der Waals surface area (Å²) in [6.07, 6.45) is 5.32. The lowest BCUT2D eigenvalue weighted by atomic mass is 10.1. The van der Waals surface area contributed by atoms with Crippen molar-refractivity contribution in [2.24, 2.45) is 0 Å². The Morgan fingerprint density at radius 2 is 2.04 bits per heavy atom. The first-order valence-electron chi connectivity index (χ1n) is 7.27. The van der Waals surface area contributed by atoms with Gasteiger partial charge in [0.2, 0.25) is 10.0 Å². The van der Waals surface area contributed by atoms with Crippen LogP contribution in [0.5, 0.6) is 0 Å². The van der Waals surface area contributed by atoms with Gasteiger partial charge in [0, 0.05) is 12.7 Å². The molecule has 0 amide bonds. The molecular weight excluding hydrogens is 364 g/mol. The minimum atomic E-state index is -3.91. The van der Waals surface area contributed by atoms with Crippen LogP contribution in [-0.2, 0) is 10.0 Å². The first kappa shape index (κ1) is 18.8. The maximum atomic E-state index is 12.7. The molecule has 0 aromatic carbocycles. The van der Waals surface area contributed by atoms with Gasteiger partial charge in [0.1, 0.15) is 4.90 Å². The van der Waals surface area contributed by atoms with Crippen LogP contribution in [0.1, 0.15) is 38.1 Å². The largest absolute Gasteiger partial charge is 0.333 e. The van der Waals surface area contributed by atoms with Gasteiger partial charge in [0.05, 0.1) is 29.2 Å². The second-order valence-corrected chi connectivity index (χ2v) is 7.38. The summed E-state index contributed by atoms with van der Waals surface area (Å²) < 4.78 is 54.3. The summed E-state index contributed by atoms with van der Waals surface area (Å²) in [5, 5.41) is 8.02. The van der Waals surface area contributed by atoms with Crippen molar-refractivity contribution < 1.29 is 17.2 Å². The second-order valence-electron chi connectivity index (χ2n) is 5.20. The molecule has 0 radical (unpaired) electrons. The summed E-state index contributed by atoms with van der Waals surface area (Å²) in [6.45, 7) is 0.486. The highest BCUT2D eigenvalue weighted by Crippen LogP contribution is 2.20. The molecule has 0 spiro atoms. The first-order valence-corrected chi connectivity index (χ1v) is 9.14. The molecule has 2 rings (SSSR count). The van der Waals surface area contributed by atoms with Crippen molar-refractivity contribution in [2.45, 2.75) is 44.2 Å². The van der Waals surface area contributed by atoms with Crippen molar-refractivity contribution >= 4 is 21.6 Å². The van der Waals surface area contributed by atoms with Crippen molar-refractivity contribution in [3.8, 4) is 0 Å². The van der Waals surface area contributed by atoms with E-state index in [-0.39, 0.29) is 23.2 Å². The maximum absolute atomic E-state index is 12.7. The lowest BCUT2D eigenvalue weighted by Crippen LogP contribution is -2.27. The Bertz CT molecular complexity index is 790. The van der Waals surface area contributed by atoms with Crippen molar-refractivity contribution in [3.63, 3.8) is 0 Å². The molecule has 0 bridgehead atoms. The van der Waals surface area contributed by atoms with E-state index in [2.05, 4.69) is 14.9 Å². The smallest absolute Gasteiger partial charge is 0.268 e. The van der Waals surface area contributed by atoms with E-state index in [1.807, 2.05) is 6.92 Å². The third-order valence-corrected chi connectivity index (χ3v) is 5.42. The number of hydrogen-bond acceptors (Lipinski definition) is 4. The molecule has 0 unspecified atom stereocenters. The van der Waals surface area contributed by atoms with Gasteiger partial charge in [-0.05, 0) is 19.8 Å². The van der Waals surface area contributed by atoms with E-state index in [0.29, 0.717) is 16.1 Å². The van der Waals surface area contributed by atoms with Gasteiger partial charge in [-0.1, -0.05) is 18.5 Å². The zero-order valence-electron chi connectivity index (χ0n) is 13.2. The number of aromatic nitrogens is 4. The zero-order chi connectivity index (χ0) is 17.9. The molecule has 11 heteroatoms. The monoisotopic (exact) mass is 381 g/mol. The first-order chi connectivity index (χ1) is 11.3. The van der Waals surface area contributed by atoms with Gasteiger partial charge in [-0.2, -0.15) is 19.0 Å². The molecule has 2 aromatic rings. The minimum Gasteiger partial charge on any atom is -0.268 e. The molecule has 24 heavy (non-hydrogen) atoms. The molecule has 7 nitrogen and oxygen atoms in total. The van der Waals surface area contributed by atoms with E-state index in [9.17, 15) is 17.2 Å². The topological polar surface area (TPSA) is 81.8 Å². The van der Waals surface area contributed by atoms with Gasteiger partial charge in [-0.3, -0.25) is 4.68 Å².